The Morgan fingerprint density at radius 3 is 2.54 bits per heavy atom. The number of hydrazone groups is 1. The third kappa shape index (κ3) is 5.18. The minimum absolute atomic E-state index is 0.303. The van der Waals surface area contributed by atoms with Crippen LogP contribution in [0.2, 0.25) is 10.0 Å². The average Bonchev–Trinajstić information content (AvgIpc) is 2.69. The highest BCUT2D eigenvalue weighted by Gasteiger charge is 2.08. The minimum Gasteiger partial charge on any atom is -0.496 e. The molecule has 0 aliphatic heterocycles. The molecule has 0 amide bonds. The number of nitrogens with zero attached hydrogens (tertiary/aromatic N) is 1. The summed E-state index contributed by atoms with van der Waals surface area (Å²) in [7, 11) is 1.63. The maximum absolute atomic E-state index is 6.17. The van der Waals surface area contributed by atoms with Gasteiger partial charge in [-0.15, -0.1) is 0 Å². The summed E-state index contributed by atoms with van der Waals surface area (Å²) in [6.07, 6.45) is 1.75. The zero-order chi connectivity index (χ0) is 19.9. The first-order valence-corrected chi connectivity index (χ1v) is 9.42. The highest BCUT2D eigenvalue weighted by molar-refractivity contribution is 6.35. The molecule has 0 bridgehead atoms. The van der Waals surface area contributed by atoms with Crippen molar-refractivity contribution in [1.82, 2.24) is 0 Å². The van der Waals surface area contributed by atoms with Crippen LogP contribution in [0.15, 0.2) is 65.8 Å². The van der Waals surface area contributed by atoms with Crippen molar-refractivity contribution >= 4 is 35.1 Å². The monoisotopic (exact) mass is 414 g/mol. The lowest BCUT2D eigenvalue weighted by Gasteiger charge is -2.12. The molecule has 0 aromatic heterocycles. The van der Waals surface area contributed by atoms with Crippen LogP contribution in [0.25, 0.3) is 0 Å². The predicted molar refractivity (Wildman–Crippen MR) is 116 cm³/mol. The number of halogens is 2. The van der Waals surface area contributed by atoms with Crippen molar-refractivity contribution in [3.63, 3.8) is 0 Å². The van der Waals surface area contributed by atoms with E-state index in [9.17, 15) is 0 Å². The van der Waals surface area contributed by atoms with Gasteiger partial charge < -0.3 is 9.47 Å². The average molecular weight is 415 g/mol. The molecule has 28 heavy (non-hydrogen) atoms. The van der Waals surface area contributed by atoms with Gasteiger partial charge in [-0.2, -0.15) is 5.10 Å². The summed E-state index contributed by atoms with van der Waals surface area (Å²) in [5, 5.41) is 5.35. The van der Waals surface area contributed by atoms with Crippen molar-refractivity contribution in [3.8, 4) is 11.5 Å². The number of para-hydroxylation sites is 1. The maximum Gasteiger partial charge on any atom is 0.138 e. The van der Waals surface area contributed by atoms with Gasteiger partial charge in [-0.25, -0.2) is 0 Å². The van der Waals surface area contributed by atoms with Gasteiger partial charge in [0.25, 0.3) is 0 Å². The number of ether oxygens (including phenoxy) is 2. The Balaban J connectivity index is 1.72. The Kier molecular flexibility index (Phi) is 6.80. The van der Waals surface area contributed by atoms with Gasteiger partial charge in [0, 0.05) is 10.6 Å². The number of hydrogen-bond donors (Lipinski definition) is 1. The highest BCUT2D eigenvalue weighted by atomic mass is 35.5. The van der Waals surface area contributed by atoms with Gasteiger partial charge in [0.1, 0.15) is 18.1 Å². The van der Waals surface area contributed by atoms with E-state index in [-0.39, 0.29) is 0 Å². The zero-order valence-electron chi connectivity index (χ0n) is 15.6. The fraction of sp³-hybridized carbons (Fsp3) is 0.136. The largest absolute Gasteiger partial charge is 0.496 e. The van der Waals surface area contributed by atoms with Gasteiger partial charge in [-0.1, -0.05) is 41.4 Å². The molecule has 0 heterocycles. The number of methoxy groups -OCH3 is 1. The number of aryl methyl sites for hydroxylation is 1. The maximum atomic E-state index is 6.17. The smallest absolute Gasteiger partial charge is 0.138 e. The van der Waals surface area contributed by atoms with Crippen molar-refractivity contribution in [2.75, 3.05) is 12.5 Å². The van der Waals surface area contributed by atoms with Crippen LogP contribution in [0.5, 0.6) is 11.5 Å². The van der Waals surface area contributed by atoms with E-state index in [1.165, 1.54) is 0 Å². The number of anilines is 1. The molecule has 1 N–H and O–H groups in total. The Morgan fingerprint density at radius 1 is 1.00 bits per heavy atom. The molecule has 0 radical (unpaired) electrons. The second-order valence-corrected chi connectivity index (χ2v) is 6.96. The van der Waals surface area contributed by atoms with E-state index in [4.69, 9.17) is 32.7 Å². The number of hydrogen-bond acceptors (Lipinski definition) is 4. The lowest BCUT2D eigenvalue weighted by molar-refractivity contribution is 0.297. The van der Waals surface area contributed by atoms with Gasteiger partial charge in [-0.3, -0.25) is 5.43 Å². The summed E-state index contributed by atoms with van der Waals surface area (Å²) in [5.41, 5.74) is 6.95. The van der Waals surface area contributed by atoms with Gasteiger partial charge in [0.15, 0.2) is 0 Å². The Labute approximate surface area is 174 Å². The SMILES string of the molecule is COc1ccc(/C=N\Nc2ccccc2C)cc1COc1ccc(Cl)cc1Cl. The molecule has 144 valence electrons. The second kappa shape index (κ2) is 9.49. The molecule has 4 nitrogen and oxygen atoms in total. The third-order valence-electron chi connectivity index (χ3n) is 4.13. The molecule has 0 saturated heterocycles. The lowest BCUT2D eigenvalue weighted by Crippen LogP contribution is -2.01. The summed E-state index contributed by atoms with van der Waals surface area (Å²) >= 11 is 12.1. The van der Waals surface area contributed by atoms with Gasteiger partial charge in [-0.05, 0) is 60.5 Å². The topological polar surface area (TPSA) is 42.8 Å². The van der Waals surface area contributed by atoms with E-state index in [1.807, 2.05) is 49.4 Å². The molecule has 0 aliphatic carbocycles. The number of benzene rings is 3. The van der Waals surface area contributed by atoms with Crippen molar-refractivity contribution in [3.05, 3.63) is 87.4 Å². The van der Waals surface area contributed by atoms with E-state index in [0.717, 1.165) is 28.1 Å². The quantitative estimate of drug-likeness (QED) is 0.362. The summed E-state index contributed by atoms with van der Waals surface area (Å²) in [6, 6.07) is 18.9. The molecule has 0 saturated carbocycles. The molecular weight excluding hydrogens is 395 g/mol. The summed E-state index contributed by atoms with van der Waals surface area (Å²) < 4.78 is 11.3. The van der Waals surface area contributed by atoms with E-state index < -0.39 is 0 Å². The molecule has 0 spiro atoms. The Morgan fingerprint density at radius 2 is 1.79 bits per heavy atom. The molecule has 3 aromatic carbocycles. The van der Waals surface area contributed by atoms with E-state index in [1.54, 1.807) is 31.5 Å². The molecule has 0 atom stereocenters. The first kappa shape index (κ1) is 20.1. The van der Waals surface area contributed by atoms with Gasteiger partial charge in [0.05, 0.1) is 24.0 Å². The zero-order valence-corrected chi connectivity index (χ0v) is 17.1. The van der Waals surface area contributed by atoms with E-state index >= 15 is 0 Å². The number of rotatable bonds is 7. The van der Waals surface area contributed by atoms with Gasteiger partial charge >= 0.3 is 0 Å². The van der Waals surface area contributed by atoms with Crippen LogP contribution in [-0.2, 0) is 6.61 Å². The van der Waals surface area contributed by atoms with Crippen molar-refractivity contribution in [2.45, 2.75) is 13.5 Å². The Bertz CT molecular complexity index is 990. The molecular formula is C22H20Cl2N2O2. The lowest BCUT2D eigenvalue weighted by atomic mass is 10.1. The second-order valence-electron chi connectivity index (χ2n) is 6.12. The fourth-order valence-corrected chi connectivity index (χ4v) is 3.08. The first-order chi connectivity index (χ1) is 13.6. The van der Waals surface area contributed by atoms with Crippen molar-refractivity contribution in [2.24, 2.45) is 5.10 Å². The molecule has 0 unspecified atom stereocenters. The van der Waals surface area contributed by atoms with Crippen LogP contribution in [0.3, 0.4) is 0 Å². The predicted octanol–water partition coefficient (Wildman–Crippen LogP) is 6.34. The van der Waals surface area contributed by atoms with Gasteiger partial charge in [0.2, 0.25) is 0 Å². The Hall–Kier alpha value is -2.69. The summed E-state index contributed by atoms with van der Waals surface area (Å²) in [5.74, 6) is 1.29. The van der Waals surface area contributed by atoms with Crippen LogP contribution >= 0.6 is 23.2 Å². The van der Waals surface area contributed by atoms with E-state index in [2.05, 4.69) is 10.5 Å². The molecule has 0 fully saturated rings. The highest BCUT2D eigenvalue weighted by Crippen LogP contribution is 2.29. The third-order valence-corrected chi connectivity index (χ3v) is 4.66. The van der Waals surface area contributed by atoms with Crippen LogP contribution in [-0.4, -0.2) is 13.3 Å². The standard InChI is InChI=1S/C22H20Cl2N2O2/c1-15-5-3-4-6-20(15)26-25-13-16-7-9-21(27-2)17(11-16)14-28-22-10-8-18(23)12-19(22)24/h3-13,26H,14H2,1-2H3/b25-13-. The number of nitrogens with one attached hydrogen (secondary N) is 1. The minimum atomic E-state index is 0.303. The fourth-order valence-electron chi connectivity index (χ4n) is 2.61. The molecule has 3 aromatic rings. The van der Waals surface area contributed by atoms with Crippen molar-refractivity contribution in [1.29, 1.82) is 0 Å². The molecule has 6 heteroatoms. The van der Waals surface area contributed by atoms with Crippen LogP contribution in [0.4, 0.5) is 5.69 Å². The van der Waals surface area contributed by atoms with Crippen LogP contribution in [0, 0.1) is 6.92 Å². The van der Waals surface area contributed by atoms with Crippen molar-refractivity contribution < 1.29 is 9.47 Å². The molecule has 3 rings (SSSR count). The van der Waals surface area contributed by atoms with Crippen LogP contribution < -0.4 is 14.9 Å². The van der Waals surface area contributed by atoms with E-state index in [0.29, 0.717) is 22.4 Å². The normalized spacial score (nSPS) is 10.9. The van der Waals surface area contributed by atoms with Crippen LogP contribution in [0.1, 0.15) is 16.7 Å². The summed E-state index contributed by atoms with van der Waals surface area (Å²) in [4.78, 5) is 0. The molecule has 0 aliphatic rings. The summed E-state index contributed by atoms with van der Waals surface area (Å²) in [6.45, 7) is 2.33. The first-order valence-electron chi connectivity index (χ1n) is 8.66.